The first-order valence-corrected chi connectivity index (χ1v) is 9.16. The summed E-state index contributed by atoms with van der Waals surface area (Å²) in [5.41, 5.74) is 2.68. The van der Waals surface area contributed by atoms with Crippen molar-refractivity contribution >= 4 is 28.9 Å². The number of hydrogen-bond donors (Lipinski definition) is 1. The summed E-state index contributed by atoms with van der Waals surface area (Å²) in [5, 5.41) is 3.58. The first-order chi connectivity index (χ1) is 12.5. The van der Waals surface area contributed by atoms with E-state index in [-0.39, 0.29) is 11.7 Å². The second-order valence-corrected chi connectivity index (χ2v) is 7.06. The van der Waals surface area contributed by atoms with E-state index in [2.05, 4.69) is 22.2 Å². The first-order valence-electron chi connectivity index (χ1n) is 8.78. The summed E-state index contributed by atoms with van der Waals surface area (Å²) in [6, 6.07) is 11.8. The highest BCUT2D eigenvalue weighted by Crippen LogP contribution is 2.30. The number of hydrogen-bond acceptors (Lipinski definition) is 3. The van der Waals surface area contributed by atoms with Gasteiger partial charge in [-0.1, -0.05) is 23.7 Å². The lowest BCUT2D eigenvalue weighted by Gasteiger charge is -2.35. The molecule has 1 fully saturated rings. The predicted molar refractivity (Wildman–Crippen MR) is 105 cm³/mol. The lowest BCUT2D eigenvalue weighted by Crippen LogP contribution is -2.44. The molecule has 2 aromatic carbocycles. The maximum atomic E-state index is 13.0. The molecule has 1 aliphatic heterocycles. The van der Waals surface area contributed by atoms with Gasteiger partial charge in [0.2, 0.25) is 5.91 Å². The molecule has 1 N–H and O–H groups in total. The van der Waals surface area contributed by atoms with Crippen LogP contribution in [0.15, 0.2) is 42.5 Å². The quantitative estimate of drug-likeness (QED) is 0.863. The van der Waals surface area contributed by atoms with Crippen LogP contribution in [-0.4, -0.2) is 44.0 Å². The average molecular weight is 376 g/mol. The fourth-order valence-electron chi connectivity index (χ4n) is 3.05. The van der Waals surface area contributed by atoms with Gasteiger partial charge in [-0.05, 0) is 49.4 Å². The zero-order valence-corrected chi connectivity index (χ0v) is 15.6. The largest absolute Gasteiger partial charge is 0.367 e. The molecule has 1 amide bonds. The summed E-state index contributed by atoms with van der Waals surface area (Å²) in [4.78, 5) is 17.0. The maximum absolute atomic E-state index is 13.0. The molecule has 1 heterocycles. The number of anilines is 2. The van der Waals surface area contributed by atoms with E-state index in [0.717, 1.165) is 43.1 Å². The van der Waals surface area contributed by atoms with Crippen LogP contribution in [0.1, 0.15) is 12.0 Å². The van der Waals surface area contributed by atoms with E-state index < -0.39 is 0 Å². The third-order valence-corrected chi connectivity index (χ3v) is 4.87. The van der Waals surface area contributed by atoms with Gasteiger partial charge in [0.05, 0.1) is 11.4 Å². The Kier molecular flexibility index (Phi) is 6.12. The molecule has 0 radical (unpaired) electrons. The van der Waals surface area contributed by atoms with Crippen molar-refractivity contribution in [1.82, 2.24) is 4.90 Å². The molecule has 0 aromatic heterocycles. The lowest BCUT2D eigenvalue weighted by atomic mass is 10.1. The van der Waals surface area contributed by atoms with Crippen molar-refractivity contribution in [3.05, 3.63) is 58.9 Å². The highest BCUT2D eigenvalue weighted by atomic mass is 35.5. The molecular formula is C20H23ClFN3O. The van der Waals surface area contributed by atoms with Gasteiger partial charge < -0.3 is 15.1 Å². The van der Waals surface area contributed by atoms with Crippen molar-refractivity contribution in [2.24, 2.45) is 0 Å². The van der Waals surface area contributed by atoms with Crippen LogP contribution in [0.2, 0.25) is 5.02 Å². The van der Waals surface area contributed by atoms with Gasteiger partial charge in [0, 0.05) is 37.6 Å². The molecule has 0 bridgehead atoms. The molecule has 4 nitrogen and oxygen atoms in total. The Bertz CT molecular complexity index is 758. The van der Waals surface area contributed by atoms with E-state index in [4.69, 9.17) is 11.6 Å². The van der Waals surface area contributed by atoms with Crippen LogP contribution in [-0.2, 0) is 11.2 Å². The Morgan fingerprint density at radius 1 is 1.12 bits per heavy atom. The number of amides is 1. The van der Waals surface area contributed by atoms with Gasteiger partial charge in [-0.3, -0.25) is 4.79 Å². The Morgan fingerprint density at radius 3 is 2.50 bits per heavy atom. The van der Waals surface area contributed by atoms with Crippen LogP contribution in [0.25, 0.3) is 0 Å². The maximum Gasteiger partial charge on any atom is 0.224 e. The van der Waals surface area contributed by atoms with Crippen LogP contribution in [0.4, 0.5) is 15.8 Å². The minimum atomic E-state index is -0.269. The molecule has 0 aliphatic carbocycles. The Hall–Kier alpha value is -2.11. The molecule has 0 spiro atoms. The number of carbonyl (C=O) groups is 1. The summed E-state index contributed by atoms with van der Waals surface area (Å²) in [7, 11) is 2.11. The van der Waals surface area contributed by atoms with Crippen LogP contribution >= 0.6 is 11.6 Å². The van der Waals surface area contributed by atoms with E-state index in [0.29, 0.717) is 17.9 Å². The molecule has 0 atom stereocenters. The number of benzene rings is 2. The molecule has 3 rings (SSSR count). The number of rotatable bonds is 5. The summed E-state index contributed by atoms with van der Waals surface area (Å²) < 4.78 is 13.0. The molecule has 0 saturated carbocycles. The van der Waals surface area contributed by atoms with Gasteiger partial charge in [0.1, 0.15) is 5.82 Å². The fraction of sp³-hybridized carbons (Fsp3) is 0.350. The SMILES string of the molecule is CN1CCN(c2ccc(Cl)cc2NC(=O)CCc2ccc(F)cc2)CC1. The minimum absolute atomic E-state index is 0.0769. The van der Waals surface area contributed by atoms with Crippen molar-refractivity contribution in [2.75, 3.05) is 43.4 Å². The zero-order chi connectivity index (χ0) is 18.5. The molecule has 6 heteroatoms. The number of halogens is 2. The van der Waals surface area contributed by atoms with Crippen molar-refractivity contribution in [1.29, 1.82) is 0 Å². The van der Waals surface area contributed by atoms with E-state index in [1.54, 1.807) is 18.2 Å². The van der Waals surface area contributed by atoms with Crippen molar-refractivity contribution in [3.63, 3.8) is 0 Å². The topological polar surface area (TPSA) is 35.6 Å². The van der Waals surface area contributed by atoms with Gasteiger partial charge in [-0.25, -0.2) is 4.39 Å². The number of likely N-dealkylation sites (N-methyl/N-ethyl adjacent to an activating group) is 1. The fourth-order valence-corrected chi connectivity index (χ4v) is 3.23. The number of carbonyl (C=O) groups excluding carboxylic acids is 1. The van der Waals surface area contributed by atoms with E-state index in [1.165, 1.54) is 12.1 Å². The molecule has 138 valence electrons. The third kappa shape index (κ3) is 4.96. The smallest absolute Gasteiger partial charge is 0.224 e. The summed E-state index contributed by atoms with van der Waals surface area (Å²) in [6.07, 6.45) is 0.900. The molecular weight excluding hydrogens is 353 g/mol. The highest BCUT2D eigenvalue weighted by Gasteiger charge is 2.18. The lowest BCUT2D eigenvalue weighted by molar-refractivity contribution is -0.116. The first kappa shape index (κ1) is 18.7. The van der Waals surface area contributed by atoms with Gasteiger partial charge in [0.15, 0.2) is 0 Å². The van der Waals surface area contributed by atoms with Crippen LogP contribution in [0.3, 0.4) is 0 Å². The van der Waals surface area contributed by atoms with Crippen LogP contribution in [0.5, 0.6) is 0 Å². The Morgan fingerprint density at radius 2 is 1.81 bits per heavy atom. The number of nitrogens with one attached hydrogen (secondary N) is 1. The summed E-state index contributed by atoms with van der Waals surface area (Å²) in [5.74, 6) is -0.346. The minimum Gasteiger partial charge on any atom is -0.367 e. The van der Waals surface area contributed by atoms with Gasteiger partial charge in [-0.2, -0.15) is 0 Å². The molecule has 1 saturated heterocycles. The van der Waals surface area contributed by atoms with Crippen LogP contribution in [0, 0.1) is 5.82 Å². The van der Waals surface area contributed by atoms with Gasteiger partial charge in [-0.15, -0.1) is 0 Å². The molecule has 1 aliphatic rings. The highest BCUT2D eigenvalue weighted by molar-refractivity contribution is 6.31. The number of nitrogens with zero attached hydrogens (tertiary/aromatic N) is 2. The second-order valence-electron chi connectivity index (χ2n) is 6.63. The summed E-state index contributed by atoms with van der Waals surface area (Å²) in [6.45, 7) is 3.80. The van der Waals surface area contributed by atoms with Crippen molar-refractivity contribution in [3.8, 4) is 0 Å². The standard InChI is InChI=1S/C20H23ClFN3O/c1-24-10-12-25(13-11-24)19-8-5-16(21)14-18(19)23-20(26)9-4-15-2-6-17(22)7-3-15/h2-3,5-8,14H,4,9-13H2,1H3,(H,23,26). The molecule has 0 unspecified atom stereocenters. The van der Waals surface area contributed by atoms with Crippen molar-refractivity contribution < 1.29 is 9.18 Å². The number of piperazine rings is 1. The van der Waals surface area contributed by atoms with Gasteiger partial charge >= 0.3 is 0 Å². The van der Waals surface area contributed by atoms with E-state index in [1.807, 2.05) is 12.1 Å². The summed E-state index contributed by atoms with van der Waals surface area (Å²) >= 11 is 6.14. The predicted octanol–water partition coefficient (Wildman–Crippen LogP) is 3.80. The molecule has 2 aromatic rings. The van der Waals surface area contributed by atoms with Crippen LogP contribution < -0.4 is 10.2 Å². The van der Waals surface area contributed by atoms with E-state index in [9.17, 15) is 9.18 Å². The molecule has 26 heavy (non-hydrogen) atoms. The van der Waals surface area contributed by atoms with E-state index >= 15 is 0 Å². The third-order valence-electron chi connectivity index (χ3n) is 4.63. The van der Waals surface area contributed by atoms with Crippen molar-refractivity contribution in [2.45, 2.75) is 12.8 Å². The normalized spacial score (nSPS) is 15.1. The average Bonchev–Trinajstić information content (AvgIpc) is 2.62. The Balaban J connectivity index is 1.65. The second kappa shape index (κ2) is 8.52. The monoisotopic (exact) mass is 375 g/mol. The number of aryl methyl sites for hydroxylation is 1. The zero-order valence-electron chi connectivity index (χ0n) is 14.8. The Labute approximate surface area is 158 Å². The van der Waals surface area contributed by atoms with Gasteiger partial charge in [0.25, 0.3) is 0 Å².